The zero-order valence-electron chi connectivity index (χ0n) is 14.2. The van der Waals surface area contributed by atoms with Crippen LogP contribution in [0.15, 0.2) is 48.8 Å². The third-order valence-corrected chi connectivity index (χ3v) is 4.80. The van der Waals surface area contributed by atoms with Gasteiger partial charge in [-0.05, 0) is 25.1 Å². The Bertz CT molecular complexity index is 1100. The molecule has 0 saturated carbocycles. The normalized spacial score (nSPS) is 10.8. The summed E-state index contributed by atoms with van der Waals surface area (Å²) in [5.74, 6) is 0.231. The maximum atomic E-state index is 12.4. The van der Waals surface area contributed by atoms with Crippen LogP contribution in [0.5, 0.6) is 0 Å². The summed E-state index contributed by atoms with van der Waals surface area (Å²) >= 11 is 1.35. The van der Waals surface area contributed by atoms with E-state index in [4.69, 9.17) is 0 Å². The number of nitrogens with zero attached hydrogens (tertiary/aromatic N) is 4. The van der Waals surface area contributed by atoms with Gasteiger partial charge in [0.05, 0.1) is 11.9 Å². The van der Waals surface area contributed by atoms with Crippen LogP contribution in [0.2, 0.25) is 0 Å². The van der Waals surface area contributed by atoms with Crippen molar-refractivity contribution in [3.05, 3.63) is 58.7 Å². The first-order chi connectivity index (χ1) is 12.7. The van der Waals surface area contributed by atoms with Gasteiger partial charge in [0.1, 0.15) is 0 Å². The Kier molecular flexibility index (Phi) is 4.10. The van der Waals surface area contributed by atoms with Gasteiger partial charge in [0.25, 0.3) is 5.91 Å². The molecule has 2 N–H and O–H groups in total. The number of hydrogen-bond donors (Lipinski definition) is 2. The average Bonchev–Trinajstić information content (AvgIpc) is 3.28. The van der Waals surface area contributed by atoms with Gasteiger partial charge >= 0.3 is 0 Å². The minimum Gasteiger partial charge on any atom is -0.388 e. The second kappa shape index (κ2) is 6.57. The fraction of sp³-hybridized carbons (Fsp3) is 0.111. The first-order valence-electron chi connectivity index (χ1n) is 8.01. The molecule has 0 saturated heterocycles. The van der Waals surface area contributed by atoms with Crippen LogP contribution < -0.4 is 10.6 Å². The molecule has 8 heteroatoms. The quantitative estimate of drug-likeness (QED) is 0.579. The van der Waals surface area contributed by atoms with Crippen molar-refractivity contribution in [1.29, 1.82) is 0 Å². The number of imidazole rings is 1. The predicted octanol–water partition coefficient (Wildman–Crippen LogP) is 3.46. The van der Waals surface area contributed by atoms with Crippen LogP contribution in [0, 0.1) is 6.92 Å². The molecule has 4 aromatic rings. The molecule has 0 unspecified atom stereocenters. The molecule has 0 aliphatic rings. The summed E-state index contributed by atoms with van der Waals surface area (Å²) in [6, 6.07) is 11.7. The summed E-state index contributed by atoms with van der Waals surface area (Å²) < 4.78 is 1.63. The van der Waals surface area contributed by atoms with E-state index < -0.39 is 0 Å². The van der Waals surface area contributed by atoms with Crippen molar-refractivity contribution in [3.63, 3.8) is 0 Å². The highest BCUT2D eigenvalue weighted by atomic mass is 32.1. The number of anilines is 2. The van der Waals surface area contributed by atoms with Crippen molar-refractivity contribution < 1.29 is 4.79 Å². The van der Waals surface area contributed by atoms with Crippen LogP contribution in [-0.2, 0) is 0 Å². The summed E-state index contributed by atoms with van der Waals surface area (Å²) in [6.07, 6.45) is 3.27. The smallest absolute Gasteiger partial charge is 0.285 e. The van der Waals surface area contributed by atoms with E-state index in [2.05, 4.69) is 25.7 Å². The molecular formula is C18H16N6OS. The van der Waals surface area contributed by atoms with Gasteiger partial charge in [0, 0.05) is 29.4 Å². The number of aryl methyl sites for hydroxylation is 1. The average molecular weight is 364 g/mol. The fourth-order valence-electron chi connectivity index (χ4n) is 2.66. The second-order valence-corrected chi connectivity index (χ2v) is 6.89. The number of nitrogens with one attached hydrogen (secondary N) is 2. The number of amides is 1. The Balaban J connectivity index is 1.72. The molecule has 1 amide bonds. The first kappa shape index (κ1) is 16.2. The molecule has 0 aliphatic heterocycles. The molecular weight excluding hydrogens is 348 g/mol. The molecule has 0 spiro atoms. The number of hydrogen-bond acceptors (Lipinski definition) is 6. The molecule has 0 aliphatic carbocycles. The Morgan fingerprint density at radius 2 is 1.96 bits per heavy atom. The van der Waals surface area contributed by atoms with Gasteiger partial charge in [-0.15, -0.1) is 11.3 Å². The summed E-state index contributed by atoms with van der Waals surface area (Å²) in [6.45, 7) is 1.91. The number of carbonyl (C=O) groups is 1. The zero-order valence-corrected chi connectivity index (χ0v) is 15.0. The minimum atomic E-state index is -0.271. The first-order valence-corrected chi connectivity index (χ1v) is 8.83. The summed E-state index contributed by atoms with van der Waals surface area (Å²) in [7, 11) is 1.87. The van der Waals surface area contributed by atoms with E-state index in [-0.39, 0.29) is 5.91 Å². The number of para-hydroxylation sites is 1. The number of fused-ring (bicyclic) bond motifs is 1. The fourth-order valence-corrected chi connectivity index (χ4v) is 3.32. The monoisotopic (exact) mass is 364 g/mol. The molecule has 1 aromatic carbocycles. The maximum Gasteiger partial charge on any atom is 0.285 e. The lowest BCUT2D eigenvalue weighted by Crippen LogP contribution is -2.13. The number of rotatable bonds is 4. The Morgan fingerprint density at radius 3 is 2.73 bits per heavy atom. The van der Waals surface area contributed by atoms with Gasteiger partial charge in [0.2, 0.25) is 0 Å². The standard InChI is InChI=1S/C18H16N6OS/c1-11-9-21-18(26-11)17(25)22-16-10-20-15-8-7-14(23-24(15)16)12-5-3-4-6-13(12)19-2/h3-10,19H,1-2H3,(H,22,25). The van der Waals surface area contributed by atoms with Gasteiger partial charge in [-0.3, -0.25) is 4.79 Å². The largest absolute Gasteiger partial charge is 0.388 e. The van der Waals surface area contributed by atoms with E-state index in [1.807, 2.05) is 50.4 Å². The lowest BCUT2D eigenvalue weighted by Gasteiger charge is -2.09. The number of aromatic nitrogens is 4. The highest BCUT2D eigenvalue weighted by Crippen LogP contribution is 2.26. The van der Waals surface area contributed by atoms with E-state index in [9.17, 15) is 4.79 Å². The van der Waals surface area contributed by atoms with Crippen molar-refractivity contribution in [2.75, 3.05) is 17.7 Å². The van der Waals surface area contributed by atoms with Gasteiger partial charge in [-0.25, -0.2) is 9.97 Å². The van der Waals surface area contributed by atoms with Gasteiger partial charge < -0.3 is 10.6 Å². The van der Waals surface area contributed by atoms with Gasteiger partial charge in [-0.2, -0.15) is 9.61 Å². The Hall–Kier alpha value is -3.26. The lowest BCUT2D eigenvalue weighted by molar-refractivity contribution is 0.102. The summed E-state index contributed by atoms with van der Waals surface area (Å²) in [5.41, 5.74) is 3.38. The van der Waals surface area contributed by atoms with Crippen LogP contribution in [-0.4, -0.2) is 32.5 Å². The molecule has 0 fully saturated rings. The molecule has 130 valence electrons. The third kappa shape index (κ3) is 2.91. The molecule has 0 bridgehead atoms. The highest BCUT2D eigenvalue weighted by Gasteiger charge is 2.14. The van der Waals surface area contributed by atoms with Crippen LogP contribution in [0.3, 0.4) is 0 Å². The van der Waals surface area contributed by atoms with E-state index in [0.717, 1.165) is 21.8 Å². The maximum absolute atomic E-state index is 12.4. The van der Waals surface area contributed by atoms with E-state index in [1.54, 1.807) is 16.9 Å². The van der Waals surface area contributed by atoms with Crippen LogP contribution in [0.4, 0.5) is 11.5 Å². The second-order valence-electron chi connectivity index (χ2n) is 5.66. The van der Waals surface area contributed by atoms with Crippen LogP contribution >= 0.6 is 11.3 Å². The number of thiazole rings is 1. The molecule has 26 heavy (non-hydrogen) atoms. The topological polar surface area (TPSA) is 84.2 Å². The molecule has 3 heterocycles. The van der Waals surface area contributed by atoms with Crippen LogP contribution in [0.1, 0.15) is 14.7 Å². The van der Waals surface area contributed by atoms with E-state index in [0.29, 0.717) is 16.5 Å². The number of carbonyl (C=O) groups excluding carboxylic acids is 1. The van der Waals surface area contributed by atoms with Crippen LogP contribution in [0.25, 0.3) is 16.9 Å². The highest BCUT2D eigenvalue weighted by molar-refractivity contribution is 7.13. The predicted molar refractivity (Wildman–Crippen MR) is 103 cm³/mol. The SMILES string of the molecule is CNc1ccccc1-c1ccc2ncc(NC(=O)c3ncc(C)s3)n2n1. The van der Waals surface area contributed by atoms with Gasteiger partial charge in [-0.1, -0.05) is 18.2 Å². The van der Waals surface area contributed by atoms with E-state index in [1.165, 1.54) is 11.3 Å². The van der Waals surface area contributed by atoms with E-state index >= 15 is 0 Å². The molecule has 0 radical (unpaired) electrons. The molecule has 3 aromatic heterocycles. The minimum absolute atomic E-state index is 0.271. The Labute approximate surface area is 153 Å². The molecule has 7 nitrogen and oxygen atoms in total. The van der Waals surface area contributed by atoms with Gasteiger partial charge in [0.15, 0.2) is 16.5 Å². The van der Waals surface area contributed by atoms with Crippen molar-refractivity contribution >= 4 is 34.4 Å². The molecule has 0 atom stereocenters. The Morgan fingerprint density at radius 1 is 1.12 bits per heavy atom. The number of benzene rings is 1. The van der Waals surface area contributed by atoms with Crippen molar-refractivity contribution in [2.45, 2.75) is 6.92 Å². The van der Waals surface area contributed by atoms with Crippen molar-refractivity contribution in [2.24, 2.45) is 0 Å². The molecule has 4 rings (SSSR count). The zero-order chi connectivity index (χ0) is 18.1. The third-order valence-electron chi connectivity index (χ3n) is 3.89. The summed E-state index contributed by atoms with van der Waals surface area (Å²) in [4.78, 5) is 21.8. The van der Waals surface area contributed by atoms with Crippen molar-refractivity contribution in [1.82, 2.24) is 19.6 Å². The van der Waals surface area contributed by atoms with Crippen molar-refractivity contribution in [3.8, 4) is 11.3 Å². The summed E-state index contributed by atoms with van der Waals surface area (Å²) in [5, 5.41) is 11.1. The lowest BCUT2D eigenvalue weighted by atomic mass is 10.1.